The Kier molecular flexibility index (Phi) is 9.01. The standard InChI is InChI=1S/C31H30ClN3O5/c1-4-5-8-20-13-15-23(16-14-20)34-28(36)21-9-6-11-24(17-21)33-27-26(32)29(37)35(30(27)38)25-12-7-10-22(18-25)31(39)40-19(2)3/h6-7,9-19,33H,4-5,8H2,1-3H3,(H,34,36). The van der Waals surface area contributed by atoms with Crippen LogP contribution in [0.15, 0.2) is 83.5 Å². The molecule has 2 N–H and O–H groups in total. The lowest BCUT2D eigenvalue weighted by Crippen LogP contribution is -2.32. The number of imide groups is 1. The minimum Gasteiger partial charge on any atom is -0.459 e. The van der Waals surface area contributed by atoms with Crippen molar-refractivity contribution >= 4 is 52.4 Å². The van der Waals surface area contributed by atoms with Crippen LogP contribution >= 0.6 is 11.6 Å². The largest absolute Gasteiger partial charge is 0.459 e. The molecule has 0 unspecified atom stereocenters. The Hall–Kier alpha value is -4.43. The molecule has 9 heteroatoms. The summed E-state index contributed by atoms with van der Waals surface area (Å²) in [7, 11) is 0. The first kappa shape index (κ1) is 28.6. The van der Waals surface area contributed by atoms with Crippen LogP contribution in [0.4, 0.5) is 17.1 Å². The average Bonchev–Trinajstić information content (AvgIpc) is 3.15. The molecule has 0 radical (unpaired) electrons. The molecule has 4 rings (SSSR count). The number of aryl methyl sites for hydroxylation is 1. The number of rotatable bonds is 10. The van der Waals surface area contributed by atoms with Gasteiger partial charge in [0.15, 0.2) is 0 Å². The molecule has 0 aliphatic carbocycles. The summed E-state index contributed by atoms with van der Waals surface area (Å²) in [5.41, 5.74) is 2.86. The molecule has 0 bridgehead atoms. The van der Waals surface area contributed by atoms with Gasteiger partial charge in [-0.05, 0) is 80.8 Å². The molecular weight excluding hydrogens is 530 g/mol. The predicted octanol–water partition coefficient (Wildman–Crippen LogP) is 6.28. The van der Waals surface area contributed by atoms with E-state index in [9.17, 15) is 19.2 Å². The molecule has 1 heterocycles. The molecule has 0 fully saturated rings. The molecule has 3 aromatic rings. The third kappa shape index (κ3) is 6.58. The van der Waals surface area contributed by atoms with E-state index in [-0.39, 0.29) is 34.0 Å². The fraction of sp³-hybridized carbons (Fsp3) is 0.226. The fourth-order valence-corrected chi connectivity index (χ4v) is 4.33. The lowest BCUT2D eigenvalue weighted by molar-refractivity contribution is -0.120. The van der Waals surface area contributed by atoms with Gasteiger partial charge in [-0.2, -0.15) is 0 Å². The molecule has 1 aliphatic heterocycles. The summed E-state index contributed by atoms with van der Waals surface area (Å²) >= 11 is 6.28. The zero-order valence-electron chi connectivity index (χ0n) is 22.5. The number of amides is 3. The molecule has 1 aliphatic rings. The Bertz CT molecular complexity index is 1480. The van der Waals surface area contributed by atoms with E-state index >= 15 is 0 Å². The molecule has 40 heavy (non-hydrogen) atoms. The second kappa shape index (κ2) is 12.6. The van der Waals surface area contributed by atoms with Crippen molar-refractivity contribution in [1.29, 1.82) is 0 Å². The molecule has 0 saturated carbocycles. The molecule has 8 nitrogen and oxygen atoms in total. The zero-order chi connectivity index (χ0) is 28.8. The van der Waals surface area contributed by atoms with Crippen LogP contribution in [0.3, 0.4) is 0 Å². The van der Waals surface area contributed by atoms with Crippen molar-refractivity contribution in [2.75, 3.05) is 15.5 Å². The number of ether oxygens (including phenoxy) is 1. The van der Waals surface area contributed by atoms with Crippen molar-refractivity contribution in [2.24, 2.45) is 0 Å². The summed E-state index contributed by atoms with van der Waals surface area (Å²) in [4.78, 5) is 52.3. The lowest BCUT2D eigenvalue weighted by Gasteiger charge is -2.16. The van der Waals surface area contributed by atoms with E-state index in [2.05, 4.69) is 17.6 Å². The number of benzene rings is 3. The molecule has 206 valence electrons. The first-order valence-corrected chi connectivity index (χ1v) is 13.4. The van der Waals surface area contributed by atoms with Crippen LogP contribution < -0.4 is 15.5 Å². The maximum Gasteiger partial charge on any atom is 0.338 e. The normalized spacial score (nSPS) is 13.2. The summed E-state index contributed by atoms with van der Waals surface area (Å²) in [6, 6.07) is 20.2. The number of carbonyl (C=O) groups excluding carboxylic acids is 4. The highest BCUT2D eigenvalue weighted by molar-refractivity contribution is 6.53. The summed E-state index contributed by atoms with van der Waals surface area (Å²) in [5, 5.41) is 5.45. The first-order valence-electron chi connectivity index (χ1n) is 13.0. The predicted molar refractivity (Wildman–Crippen MR) is 155 cm³/mol. The van der Waals surface area contributed by atoms with Gasteiger partial charge in [-0.25, -0.2) is 9.69 Å². The molecule has 0 saturated heterocycles. The second-order valence-electron chi connectivity index (χ2n) is 9.60. The van der Waals surface area contributed by atoms with Crippen LogP contribution in [-0.4, -0.2) is 29.8 Å². The Morgan fingerprint density at radius 3 is 2.30 bits per heavy atom. The number of hydrogen-bond donors (Lipinski definition) is 2. The van der Waals surface area contributed by atoms with E-state index in [1.165, 1.54) is 23.8 Å². The van der Waals surface area contributed by atoms with Gasteiger partial charge < -0.3 is 15.4 Å². The van der Waals surface area contributed by atoms with Crippen LogP contribution in [0.2, 0.25) is 0 Å². The topological polar surface area (TPSA) is 105 Å². The van der Waals surface area contributed by atoms with Crippen LogP contribution in [0.1, 0.15) is 59.9 Å². The number of hydrogen-bond acceptors (Lipinski definition) is 6. The maximum absolute atomic E-state index is 13.2. The molecule has 0 atom stereocenters. The Labute approximate surface area is 238 Å². The van der Waals surface area contributed by atoms with Crippen molar-refractivity contribution in [1.82, 2.24) is 0 Å². The van der Waals surface area contributed by atoms with Crippen molar-refractivity contribution < 1.29 is 23.9 Å². The van der Waals surface area contributed by atoms with Gasteiger partial charge in [-0.1, -0.05) is 49.2 Å². The third-order valence-corrected chi connectivity index (χ3v) is 6.49. The Morgan fingerprint density at radius 2 is 1.60 bits per heavy atom. The number of carbonyl (C=O) groups is 4. The van der Waals surface area contributed by atoms with Gasteiger partial charge in [-0.15, -0.1) is 0 Å². The van der Waals surface area contributed by atoms with E-state index in [0.29, 0.717) is 16.9 Å². The third-order valence-electron chi connectivity index (χ3n) is 6.14. The second-order valence-corrected chi connectivity index (χ2v) is 9.98. The SMILES string of the molecule is CCCCc1ccc(NC(=O)c2cccc(NC3=C(Cl)C(=O)N(c4cccc(C(=O)OC(C)C)c4)C3=O)c2)cc1. The number of esters is 1. The number of unbranched alkanes of at least 4 members (excludes halogenated alkanes) is 1. The summed E-state index contributed by atoms with van der Waals surface area (Å²) < 4.78 is 5.21. The molecule has 0 aromatic heterocycles. The van der Waals surface area contributed by atoms with E-state index in [4.69, 9.17) is 16.3 Å². The highest BCUT2D eigenvalue weighted by Crippen LogP contribution is 2.31. The molecule has 0 spiro atoms. The first-order chi connectivity index (χ1) is 19.2. The summed E-state index contributed by atoms with van der Waals surface area (Å²) in [6.07, 6.45) is 2.89. The van der Waals surface area contributed by atoms with Crippen molar-refractivity contribution in [3.05, 3.63) is 100 Å². The van der Waals surface area contributed by atoms with Gasteiger partial charge in [-0.3, -0.25) is 14.4 Å². The van der Waals surface area contributed by atoms with Gasteiger partial charge in [0.25, 0.3) is 17.7 Å². The molecule has 3 amide bonds. The van der Waals surface area contributed by atoms with E-state index in [0.717, 1.165) is 24.2 Å². The Morgan fingerprint density at radius 1 is 0.900 bits per heavy atom. The van der Waals surface area contributed by atoms with Gasteiger partial charge in [0, 0.05) is 16.9 Å². The zero-order valence-corrected chi connectivity index (χ0v) is 23.2. The van der Waals surface area contributed by atoms with Gasteiger partial charge in [0.2, 0.25) is 0 Å². The highest BCUT2D eigenvalue weighted by Gasteiger charge is 2.39. The van der Waals surface area contributed by atoms with Gasteiger partial charge in [0.05, 0.1) is 17.4 Å². The number of halogens is 1. The molecule has 3 aromatic carbocycles. The van der Waals surface area contributed by atoms with Crippen molar-refractivity contribution in [3.63, 3.8) is 0 Å². The maximum atomic E-state index is 13.2. The smallest absolute Gasteiger partial charge is 0.338 e. The van der Waals surface area contributed by atoms with Crippen molar-refractivity contribution in [3.8, 4) is 0 Å². The Balaban J connectivity index is 1.47. The number of nitrogens with zero attached hydrogens (tertiary/aromatic N) is 1. The number of anilines is 3. The quantitative estimate of drug-likeness (QED) is 0.224. The minimum atomic E-state index is -0.736. The van der Waals surface area contributed by atoms with Crippen LogP contribution in [-0.2, 0) is 20.7 Å². The summed E-state index contributed by atoms with van der Waals surface area (Å²) in [5.74, 6) is -2.33. The monoisotopic (exact) mass is 559 g/mol. The highest BCUT2D eigenvalue weighted by atomic mass is 35.5. The fourth-order valence-electron chi connectivity index (χ4n) is 4.12. The van der Waals surface area contributed by atoms with Crippen molar-refractivity contribution in [2.45, 2.75) is 46.1 Å². The lowest BCUT2D eigenvalue weighted by atomic mass is 10.1. The molecular formula is C31H30ClN3O5. The van der Waals surface area contributed by atoms with E-state index in [1.807, 2.05) is 24.3 Å². The van der Waals surface area contributed by atoms with Crippen LogP contribution in [0.5, 0.6) is 0 Å². The minimum absolute atomic E-state index is 0.137. The van der Waals surface area contributed by atoms with Gasteiger partial charge >= 0.3 is 5.97 Å². The number of nitrogens with one attached hydrogen (secondary N) is 2. The average molecular weight is 560 g/mol. The van der Waals surface area contributed by atoms with Crippen LogP contribution in [0, 0.1) is 0 Å². The van der Waals surface area contributed by atoms with Gasteiger partial charge in [0.1, 0.15) is 10.7 Å². The summed E-state index contributed by atoms with van der Waals surface area (Å²) in [6.45, 7) is 5.59. The van der Waals surface area contributed by atoms with E-state index in [1.54, 1.807) is 44.2 Å². The van der Waals surface area contributed by atoms with E-state index < -0.39 is 17.8 Å². The van der Waals surface area contributed by atoms with Crippen LogP contribution in [0.25, 0.3) is 0 Å².